The highest BCUT2D eigenvalue weighted by atomic mass is 16.7. The lowest BCUT2D eigenvalue weighted by Crippen LogP contribution is -2.13. The molecule has 78 valence electrons. The quantitative estimate of drug-likeness (QED) is 0.600. The predicted octanol–water partition coefficient (Wildman–Crippen LogP) is 2.19. The summed E-state index contributed by atoms with van der Waals surface area (Å²) in [6.07, 6.45) is -0.129. The van der Waals surface area contributed by atoms with Gasteiger partial charge in [-0.3, -0.25) is 0 Å². The average molecular weight is 202 g/mol. The maximum absolute atomic E-state index is 5.50. The fourth-order valence-electron chi connectivity index (χ4n) is 1.38. The molecule has 0 amide bonds. The Balaban J connectivity index is 2.02. The lowest BCUT2D eigenvalue weighted by atomic mass is 10.2. The second kappa shape index (κ2) is 4.48. The molecule has 0 aromatic heterocycles. The van der Waals surface area contributed by atoms with E-state index in [9.17, 15) is 0 Å². The first-order valence-corrected chi connectivity index (χ1v) is 5.13. The van der Waals surface area contributed by atoms with Gasteiger partial charge in [-0.15, -0.1) is 0 Å². The molecule has 2 heteroatoms. The van der Waals surface area contributed by atoms with E-state index in [2.05, 4.69) is 11.8 Å². The highest BCUT2D eigenvalue weighted by molar-refractivity contribution is 5.34. The van der Waals surface area contributed by atoms with Gasteiger partial charge in [-0.05, 0) is 31.9 Å². The molecule has 1 aromatic rings. The third kappa shape index (κ3) is 2.59. The van der Waals surface area contributed by atoms with Crippen molar-refractivity contribution in [2.24, 2.45) is 0 Å². The van der Waals surface area contributed by atoms with Crippen LogP contribution in [0.2, 0.25) is 0 Å². The molecule has 1 aliphatic rings. The minimum atomic E-state index is -0.379. The maximum atomic E-state index is 5.50. The van der Waals surface area contributed by atoms with E-state index in [0.29, 0.717) is 0 Å². The van der Waals surface area contributed by atoms with Crippen LogP contribution in [-0.2, 0) is 9.47 Å². The zero-order valence-electron chi connectivity index (χ0n) is 8.94. The first kappa shape index (κ1) is 10.2. The van der Waals surface area contributed by atoms with Crippen molar-refractivity contribution in [2.45, 2.75) is 32.3 Å². The summed E-state index contributed by atoms with van der Waals surface area (Å²) in [4.78, 5) is 0. The molecule has 2 nitrogen and oxygen atoms in total. The van der Waals surface area contributed by atoms with Crippen LogP contribution in [0.5, 0.6) is 0 Å². The van der Waals surface area contributed by atoms with Gasteiger partial charge in [-0.2, -0.15) is 0 Å². The molecule has 2 rings (SSSR count). The average Bonchev–Trinajstić information content (AvgIpc) is 2.57. The van der Waals surface area contributed by atoms with Crippen molar-refractivity contribution in [1.29, 1.82) is 0 Å². The van der Waals surface area contributed by atoms with E-state index in [1.807, 2.05) is 44.2 Å². The minimum absolute atomic E-state index is 0.125. The first-order valence-electron chi connectivity index (χ1n) is 5.13. The maximum Gasteiger partial charge on any atom is 0.223 e. The van der Waals surface area contributed by atoms with E-state index < -0.39 is 0 Å². The Bertz CT molecular complexity index is 365. The molecular weight excluding hydrogens is 188 g/mol. The van der Waals surface area contributed by atoms with E-state index >= 15 is 0 Å². The molecule has 1 aliphatic heterocycles. The van der Waals surface area contributed by atoms with Gasteiger partial charge in [0.2, 0.25) is 6.29 Å². The van der Waals surface area contributed by atoms with Gasteiger partial charge in [0.05, 0.1) is 12.2 Å². The number of benzene rings is 1. The first-order chi connectivity index (χ1) is 7.25. The van der Waals surface area contributed by atoms with Crippen LogP contribution in [0, 0.1) is 11.8 Å². The highest BCUT2D eigenvalue weighted by Gasteiger charge is 2.27. The zero-order valence-corrected chi connectivity index (χ0v) is 8.94. The summed E-state index contributed by atoms with van der Waals surface area (Å²) in [7, 11) is 0. The lowest BCUT2D eigenvalue weighted by Gasteiger charge is -2.01. The monoisotopic (exact) mass is 202 g/mol. The molecule has 0 aliphatic carbocycles. The van der Waals surface area contributed by atoms with Crippen molar-refractivity contribution in [3.63, 3.8) is 0 Å². The molecular formula is C13H14O2. The molecule has 15 heavy (non-hydrogen) atoms. The van der Waals surface area contributed by atoms with E-state index in [1.54, 1.807) is 0 Å². The largest absolute Gasteiger partial charge is 0.336 e. The fraction of sp³-hybridized carbons (Fsp3) is 0.385. The number of ether oxygens (including phenoxy) is 2. The number of hydrogen-bond donors (Lipinski definition) is 0. The van der Waals surface area contributed by atoms with Gasteiger partial charge in [0, 0.05) is 5.56 Å². The molecule has 0 N–H and O–H groups in total. The Labute approximate surface area is 90.2 Å². The van der Waals surface area contributed by atoms with Gasteiger partial charge in [-0.1, -0.05) is 24.1 Å². The second-order valence-corrected chi connectivity index (χ2v) is 3.65. The van der Waals surface area contributed by atoms with Crippen LogP contribution in [0.4, 0.5) is 0 Å². The summed E-state index contributed by atoms with van der Waals surface area (Å²) in [5.41, 5.74) is 0.983. The van der Waals surface area contributed by atoms with Crippen LogP contribution in [-0.4, -0.2) is 18.5 Å². The zero-order chi connectivity index (χ0) is 10.7. The third-order valence-corrected chi connectivity index (χ3v) is 2.45. The van der Waals surface area contributed by atoms with Crippen molar-refractivity contribution in [3.8, 4) is 11.8 Å². The summed E-state index contributed by atoms with van der Waals surface area (Å²) in [6, 6.07) is 9.83. The number of hydrogen-bond acceptors (Lipinski definition) is 2. The molecule has 0 saturated carbocycles. The van der Waals surface area contributed by atoms with Crippen molar-refractivity contribution in [3.05, 3.63) is 35.9 Å². The summed E-state index contributed by atoms with van der Waals surface area (Å²) in [5, 5.41) is 0. The summed E-state index contributed by atoms with van der Waals surface area (Å²) < 4.78 is 11.0. The normalized spacial score (nSPS) is 26.0. The summed E-state index contributed by atoms with van der Waals surface area (Å²) in [6.45, 7) is 3.99. The molecule has 1 heterocycles. The van der Waals surface area contributed by atoms with Crippen molar-refractivity contribution < 1.29 is 9.47 Å². The van der Waals surface area contributed by atoms with E-state index in [0.717, 1.165) is 5.56 Å². The third-order valence-electron chi connectivity index (χ3n) is 2.45. The van der Waals surface area contributed by atoms with Gasteiger partial charge >= 0.3 is 0 Å². The van der Waals surface area contributed by atoms with Crippen LogP contribution >= 0.6 is 0 Å². The Hall–Kier alpha value is -1.30. The predicted molar refractivity (Wildman–Crippen MR) is 58.2 cm³/mol. The molecule has 1 saturated heterocycles. The molecule has 2 atom stereocenters. The van der Waals surface area contributed by atoms with E-state index in [1.165, 1.54) is 0 Å². The van der Waals surface area contributed by atoms with Gasteiger partial charge in [0.15, 0.2) is 0 Å². The molecule has 1 aromatic carbocycles. The highest BCUT2D eigenvalue weighted by Crippen LogP contribution is 2.17. The number of rotatable bonds is 0. The van der Waals surface area contributed by atoms with E-state index in [4.69, 9.17) is 9.47 Å². The standard InChI is InChI=1S/C13H14O2/c1-10-11(2)15-13(14-10)9-8-12-6-4-3-5-7-12/h3-7,10-11,13H,1-2H3/t10-,11-/m1/s1. The van der Waals surface area contributed by atoms with Crippen LogP contribution in [0.15, 0.2) is 30.3 Å². The minimum Gasteiger partial charge on any atom is -0.336 e. The Morgan fingerprint density at radius 3 is 2.20 bits per heavy atom. The Morgan fingerprint density at radius 2 is 1.60 bits per heavy atom. The molecule has 0 radical (unpaired) electrons. The van der Waals surface area contributed by atoms with Crippen molar-refractivity contribution >= 4 is 0 Å². The van der Waals surface area contributed by atoms with Crippen LogP contribution < -0.4 is 0 Å². The van der Waals surface area contributed by atoms with E-state index in [-0.39, 0.29) is 18.5 Å². The second-order valence-electron chi connectivity index (χ2n) is 3.65. The fourth-order valence-corrected chi connectivity index (χ4v) is 1.38. The van der Waals surface area contributed by atoms with Crippen LogP contribution in [0.25, 0.3) is 0 Å². The topological polar surface area (TPSA) is 18.5 Å². The molecule has 0 spiro atoms. The van der Waals surface area contributed by atoms with Crippen molar-refractivity contribution in [2.75, 3.05) is 0 Å². The van der Waals surface area contributed by atoms with Crippen LogP contribution in [0.3, 0.4) is 0 Å². The molecule has 0 bridgehead atoms. The Morgan fingerprint density at radius 1 is 1.00 bits per heavy atom. The lowest BCUT2D eigenvalue weighted by molar-refractivity contribution is -0.0167. The summed E-state index contributed by atoms with van der Waals surface area (Å²) >= 11 is 0. The molecule has 1 fully saturated rings. The van der Waals surface area contributed by atoms with Gasteiger partial charge in [0.1, 0.15) is 0 Å². The van der Waals surface area contributed by atoms with Gasteiger partial charge < -0.3 is 9.47 Å². The molecule has 0 unspecified atom stereocenters. The van der Waals surface area contributed by atoms with Gasteiger partial charge in [-0.25, -0.2) is 0 Å². The van der Waals surface area contributed by atoms with Crippen molar-refractivity contribution in [1.82, 2.24) is 0 Å². The van der Waals surface area contributed by atoms with Gasteiger partial charge in [0.25, 0.3) is 0 Å². The van der Waals surface area contributed by atoms with Crippen LogP contribution in [0.1, 0.15) is 19.4 Å². The smallest absolute Gasteiger partial charge is 0.223 e. The SMILES string of the molecule is C[C@H]1OC(C#Cc2ccccc2)O[C@@H]1C. The summed E-state index contributed by atoms with van der Waals surface area (Å²) in [5.74, 6) is 5.99. The Kier molecular flexibility index (Phi) is 3.05.